The number of aryl methyl sites for hydroxylation is 1. The molecule has 1 heterocycles. The smallest absolute Gasteiger partial charge is 0.0483 e. The van der Waals surface area contributed by atoms with Gasteiger partial charge in [-0.05, 0) is 80.9 Å². The summed E-state index contributed by atoms with van der Waals surface area (Å²) in [6.45, 7) is 3.42. The summed E-state index contributed by atoms with van der Waals surface area (Å²) in [6, 6.07) is 18.9. The molecule has 3 aromatic rings. The highest BCUT2D eigenvalue weighted by Crippen LogP contribution is 2.38. The minimum atomic E-state index is 0. The summed E-state index contributed by atoms with van der Waals surface area (Å²) in [6.07, 6.45) is 20.0. The molecule has 2 N–H and O–H groups in total. The van der Waals surface area contributed by atoms with Gasteiger partial charge in [0.2, 0.25) is 0 Å². The molecule has 2 heteroatoms. The molecular weight excluding hydrogens is 436 g/mol. The van der Waals surface area contributed by atoms with Crippen LogP contribution in [0.2, 0.25) is 0 Å². The van der Waals surface area contributed by atoms with Crippen molar-refractivity contribution in [3.63, 3.8) is 0 Å². The molecule has 1 unspecified atom stereocenters. The van der Waals surface area contributed by atoms with Gasteiger partial charge >= 0.3 is 0 Å². The predicted octanol–water partition coefficient (Wildman–Crippen LogP) is 9.38. The van der Waals surface area contributed by atoms with E-state index >= 15 is 0 Å². The summed E-state index contributed by atoms with van der Waals surface area (Å²) in [5, 5.41) is 1.47. The monoisotopic (exact) mass is 486 g/mol. The molecule has 1 atom stereocenters. The van der Waals surface area contributed by atoms with Gasteiger partial charge in [0.1, 0.15) is 0 Å². The van der Waals surface area contributed by atoms with Crippen molar-refractivity contribution < 1.29 is 0 Å². The number of aromatic nitrogens is 1. The minimum Gasteiger partial charge on any atom is -0.347 e. The van der Waals surface area contributed by atoms with Crippen molar-refractivity contribution in [2.75, 3.05) is 0 Å². The zero-order valence-electron chi connectivity index (χ0n) is 21.9. The second-order valence-electron chi connectivity index (χ2n) is 11.8. The molecule has 0 radical (unpaired) electrons. The Hall–Kier alpha value is -2.06. The summed E-state index contributed by atoms with van der Waals surface area (Å²) in [7, 11) is 0. The molecule has 0 saturated heterocycles. The number of nitrogens with two attached hydrogens (primary N) is 1. The lowest BCUT2D eigenvalue weighted by molar-refractivity contribution is 0.302. The Balaban J connectivity index is 0.00000304. The Bertz CT molecular complexity index is 1060. The third kappa shape index (κ3) is 6.62. The summed E-state index contributed by atoms with van der Waals surface area (Å²) < 4.78 is 2.62. The van der Waals surface area contributed by atoms with Crippen LogP contribution in [0.1, 0.15) is 114 Å². The average Bonchev–Trinajstić information content (AvgIpc) is 3.03. The van der Waals surface area contributed by atoms with Gasteiger partial charge in [-0.3, -0.25) is 0 Å². The SMILES string of the molecule is C.Cc1cccc(C(CCCC2CCC(N)CC2)c2cn(CC3CCCCCC3)c3ccccc23)c1. The van der Waals surface area contributed by atoms with E-state index in [1.807, 2.05) is 0 Å². The molecule has 0 bridgehead atoms. The number of nitrogens with zero attached hydrogens (tertiary/aromatic N) is 1. The van der Waals surface area contributed by atoms with Crippen LogP contribution in [0.25, 0.3) is 10.9 Å². The molecule has 5 rings (SSSR count). The normalized spacial score (nSPS) is 22.2. The largest absolute Gasteiger partial charge is 0.347 e. The van der Waals surface area contributed by atoms with E-state index in [-0.39, 0.29) is 7.43 Å². The minimum absolute atomic E-state index is 0. The summed E-state index contributed by atoms with van der Waals surface area (Å²) in [5.41, 5.74) is 12.0. The molecule has 2 aliphatic rings. The van der Waals surface area contributed by atoms with Gasteiger partial charge in [0.15, 0.2) is 0 Å². The van der Waals surface area contributed by atoms with Crippen LogP contribution >= 0.6 is 0 Å². The van der Waals surface area contributed by atoms with Crippen molar-refractivity contribution >= 4 is 10.9 Å². The van der Waals surface area contributed by atoms with Gasteiger partial charge in [-0.15, -0.1) is 0 Å². The van der Waals surface area contributed by atoms with E-state index in [9.17, 15) is 0 Å². The Morgan fingerprint density at radius 2 is 1.61 bits per heavy atom. The van der Waals surface area contributed by atoms with Crippen molar-refractivity contribution in [3.05, 3.63) is 71.4 Å². The Labute approximate surface area is 220 Å². The number of benzene rings is 2. The van der Waals surface area contributed by atoms with Crippen molar-refractivity contribution in [3.8, 4) is 0 Å². The van der Waals surface area contributed by atoms with Crippen LogP contribution in [0.5, 0.6) is 0 Å². The third-order valence-corrected chi connectivity index (χ3v) is 9.07. The fraction of sp³-hybridized carbons (Fsp3) is 0.588. The van der Waals surface area contributed by atoms with Gasteiger partial charge in [-0.1, -0.05) is 94.0 Å². The number of hydrogen-bond acceptors (Lipinski definition) is 1. The Morgan fingerprint density at radius 3 is 2.36 bits per heavy atom. The summed E-state index contributed by atoms with van der Waals surface area (Å²) >= 11 is 0. The van der Waals surface area contributed by atoms with E-state index in [1.54, 1.807) is 5.56 Å². The highest BCUT2D eigenvalue weighted by molar-refractivity contribution is 5.85. The molecule has 196 valence electrons. The fourth-order valence-corrected chi connectivity index (χ4v) is 7.00. The predicted molar refractivity (Wildman–Crippen MR) is 157 cm³/mol. The van der Waals surface area contributed by atoms with Crippen LogP contribution < -0.4 is 5.73 Å². The van der Waals surface area contributed by atoms with Crippen LogP contribution in [0.4, 0.5) is 0 Å². The second-order valence-corrected chi connectivity index (χ2v) is 11.8. The first kappa shape index (κ1) is 27.0. The molecule has 1 aromatic heterocycles. The van der Waals surface area contributed by atoms with Crippen LogP contribution in [-0.2, 0) is 6.54 Å². The number of hydrogen-bond donors (Lipinski definition) is 1. The van der Waals surface area contributed by atoms with Gasteiger partial charge in [0, 0.05) is 35.6 Å². The molecule has 2 aliphatic carbocycles. The van der Waals surface area contributed by atoms with Gasteiger partial charge < -0.3 is 10.3 Å². The third-order valence-electron chi connectivity index (χ3n) is 9.07. The first-order chi connectivity index (χ1) is 17.2. The van der Waals surface area contributed by atoms with Gasteiger partial charge in [0.25, 0.3) is 0 Å². The van der Waals surface area contributed by atoms with E-state index in [1.165, 1.54) is 112 Å². The molecule has 2 nitrogen and oxygen atoms in total. The van der Waals surface area contributed by atoms with Crippen LogP contribution in [-0.4, -0.2) is 10.6 Å². The highest BCUT2D eigenvalue weighted by Gasteiger charge is 2.23. The van der Waals surface area contributed by atoms with E-state index in [0.29, 0.717) is 12.0 Å². The standard InChI is InChI=1S/C33H46N2.CH4/c1-25-10-8-14-28(22-25)30(16-9-13-26-18-20-29(34)21-19-26)32-24-35(33-17-7-6-15-31(32)33)23-27-11-4-2-3-5-12-27;/h6-8,10,14-15,17,22,24,26-27,29-30H,2-5,9,11-13,16,18-21,23,34H2,1H3;1H4. The highest BCUT2D eigenvalue weighted by atomic mass is 15.0. The molecule has 2 saturated carbocycles. The van der Waals surface area contributed by atoms with Gasteiger partial charge in [0.05, 0.1) is 0 Å². The molecule has 2 fully saturated rings. The molecule has 0 aliphatic heterocycles. The van der Waals surface area contributed by atoms with Crippen molar-refractivity contribution in [2.45, 2.75) is 116 Å². The zero-order valence-corrected chi connectivity index (χ0v) is 21.9. The topological polar surface area (TPSA) is 30.9 Å². The van der Waals surface area contributed by atoms with Crippen molar-refractivity contribution in [1.29, 1.82) is 0 Å². The van der Waals surface area contributed by atoms with Gasteiger partial charge in [-0.25, -0.2) is 0 Å². The second kappa shape index (κ2) is 13.0. The number of rotatable bonds is 8. The quantitative estimate of drug-likeness (QED) is 0.316. The van der Waals surface area contributed by atoms with E-state index in [2.05, 4.69) is 66.2 Å². The fourth-order valence-electron chi connectivity index (χ4n) is 7.00. The first-order valence-electron chi connectivity index (χ1n) is 14.6. The van der Waals surface area contributed by atoms with E-state index in [4.69, 9.17) is 5.73 Å². The Morgan fingerprint density at radius 1 is 0.861 bits per heavy atom. The lowest BCUT2D eigenvalue weighted by Crippen LogP contribution is -2.26. The molecular formula is C34H50N2. The van der Waals surface area contributed by atoms with E-state index < -0.39 is 0 Å². The van der Waals surface area contributed by atoms with Crippen molar-refractivity contribution in [2.24, 2.45) is 17.6 Å². The maximum Gasteiger partial charge on any atom is 0.0483 e. The number of fused-ring (bicyclic) bond motifs is 1. The van der Waals surface area contributed by atoms with Gasteiger partial charge in [-0.2, -0.15) is 0 Å². The summed E-state index contributed by atoms with van der Waals surface area (Å²) in [5.74, 6) is 2.18. The molecule has 0 spiro atoms. The van der Waals surface area contributed by atoms with Crippen molar-refractivity contribution in [1.82, 2.24) is 4.57 Å². The van der Waals surface area contributed by atoms with E-state index in [0.717, 1.165) is 11.8 Å². The molecule has 36 heavy (non-hydrogen) atoms. The van der Waals surface area contributed by atoms with Crippen LogP contribution in [0, 0.1) is 18.8 Å². The average molecular weight is 487 g/mol. The summed E-state index contributed by atoms with van der Waals surface area (Å²) in [4.78, 5) is 0. The lowest BCUT2D eigenvalue weighted by atomic mass is 9.81. The maximum absolute atomic E-state index is 6.17. The Kier molecular flexibility index (Phi) is 9.71. The van der Waals surface area contributed by atoms with Crippen LogP contribution in [0.3, 0.4) is 0 Å². The number of para-hydroxylation sites is 1. The zero-order chi connectivity index (χ0) is 24.0. The maximum atomic E-state index is 6.17. The lowest BCUT2D eigenvalue weighted by Gasteiger charge is -2.26. The molecule has 0 amide bonds. The van der Waals surface area contributed by atoms with Crippen LogP contribution in [0.15, 0.2) is 54.7 Å². The first-order valence-corrected chi connectivity index (χ1v) is 14.6. The molecule has 2 aromatic carbocycles.